The normalized spacial score (nSPS) is 17.5. The fourth-order valence-electron chi connectivity index (χ4n) is 2.75. The molecule has 0 radical (unpaired) electrons. The summed E-state index contributed by atoms with van der Waals surface area (Å²) in [5.74, 6) is 3.38. The van der Waals surface area contributed by atoms with Crippen molar-refractivity contribution in [2.45, 2.75) is 55.5 Å². The van der Waals surface area contributed by atoms with Crippen molar-refractivity contribution in [3.05, 3.63) is 29.0 Å². The van der Waals surface area contributed by atoms with E-state index in [2.05, 4.69) is 14.8 Å². The molecule has 0 unspecified atom stereocenters. The Morgan fingerprint density at radius 2 is 2.17 bits per heavy atom. The molecule has 122 valence electrons. The highest BCUT2D eigenvalue weighted by atomic mass is 32.2. The summed E-state index contributed by atoms with van der Waals surface area (Å²) < 4.78 is 12.7. The SMILES string of the molecule is COC(=O)c1cc(CSc2nnc(C3CC3)n2C2CC2)oc1C. The van der Waals surface area contributed by atoms with E-state index in [9.17, 15) is 4.79 Å². The molecule has 2 aliphatic carbocycles. The van der Waals surface area contributed by atoms with Gasteiger partial charge >= 0.3 is 5.97 Å². The van der Waals surface area contributed by atoms with Crippen LogP contribution in [-0.2, 0) is 10.5 Å². The molecule has 23 heavy (non-hydrogen) atoms. The predicted molar refractivity (Wildman–Crippen MR) is 84.6 cm³/mol. The third-order valence-corrected chi connectivity index (χ3v) is 5.23. The van der Waals surface area contributed by atoms with Crippen LogP contribution in [0.3, 0.4) is 0 Å². The Morgan fingerprint density at radius 1 is 1.39 bits per heavy atom. The highest BCUT2D eigenvalue weighted by Gasteiger charge is 2.36. The molecule has 0 bridgehead atoms. The van der Waals surface area contributed by atoms with Crippen molar-refractivity contribution >= 4 is 17.7 Å². The van der Waals surface area contributed by atoms with E-state index in [4.69, 9.17) is 9.15 Å². The van der Waals surface area contributed by atoms with Crippen LogP contribution in [0.1, 0.15) is 65.3 Å². The molecule has 0 saturated heterocycles. The smallest absolute Gasteiger partial charge is 0.341 e. The van der Waals surface area contributed by atoms with Gasteiger partial charge in [0, 0.05) is 12.0 Å². The molecular weight excluding hydrogens is 314 g/mol. The molecular formula is C16H19N3O3S. The number of rotatable bonds is 6. The maximum absolute atomic E-state index is 11.6. The molecule has 2 saturated carbocycles. The molecule has 2 fully saturated rings. The molecule has 2 heterocycles. The van der Waals surface area contributed by atoms with Crippen LogP contribution in [0.4, 0.5) is 0 Å². The van der Waals surface area contributed by atoms with E-state index in [0.717, 1.165) is 16.7 Å². The third kappa shape index (κ3) is 2.89. The number of aryl methyl sites for hydroxylation is 1. The number of methoxy groups -OCH3 is 1. The van der Waals surface area contributed by atoms with Crippen LogP contribution in [0.15, 0.2) is 15.6 Å². The number of esters is 1. The number of nitrogens with zero attached hydrogens (tertiary/aromatic N) is 3. The average molecular weight is 333 g/mol. The molecule has 2 aromatic heterocycles. The minimum absolute atomic E-state index is 0.361. The zero-order valence-corrected chi connectivity index (χ0v) is 14.1. The van der Waals surface area contributed by atoms with Gasteiger partial charge in [0.1, 0.15) is 22.9 Å². The summed E-state index contributed by atoms with van der Waals surface area (Å²) in [6.07, 6.45) is 4.90. The monoisotopic (exact) mass is 333 g/mol. The maximum atomic E-state index is 11.6. The van der Waals surface area contributed by atoms with Crippen LogP contribution in [0.5, 0.6) is 0 Å². The van der Waals surface area contributed by atoms with Gasteiger partial charge in [0.2, 0.25) is 0 Å². The Bertz CT molecular complexity index is 744. The second kappa shape index (κ2) is 5.70. The first-order valence-corrected chi connectivity index (χ1v) is 8.91. The number of carbonyl (C=O) groups is 1. The standard InChI is InChI=1S/C16H19N3O3S/c1-9-13(15(20)21-2)7-12(22-9)8-23-16-18-17-14(10-3-4-10)19(16)11-5-6-11/h7,10-11H,3-6,8H2,1-2H3. The number of aromatic nitrogens is 3. The van der Waals surface area contributed by atoms with Crippen LogP contribution >= 0.6 is 11.8 Å². The summed E-state index contributed by atoms with van der Waals surface area (Å²) in [6.45, 7) is 1.78. The molecule has 7 heteroatoms. The van der Waals surface area contributed by atoms with Gasteiger partial charge in [-0.25, -0.2) is 4.79 Å². The Morgan fingerprint density at radius 3 is 2.83 bits per heavy atom. The van der Waals surface area contributed by atoms with Crippen molar-refractivity contribution < 1.29 is 13.9 Å². The fraction of sp³-hybridized carbons (Fsp3) is 0.562. The van der Waals surface area contributed by atoms with Crippen molar-refractivity contribution in [2.75, 3.05) is 7.11 Å². The molecule has 2 aromatic rings. The lowest BCUT2D eigenvalue weighted by Crippen LogP contribution is -2.02. The van der Waals surface area contributed by atoms with Gasteiger partial charge in [-0.1, -0.05) is 11.8 Å². The Labute approximate surface area is 138 Å². The Hall–Kier alpha value is -1.76. The lowest BCUT2D eigenvalue weighted by molar-refractivity contribution is 0.0599. The van der Waals surface area contributed by atoms with E-state index in [1.807, 2.05) is 0 Å². The number of thioether (sulfide) groups is 1. The third-order valence-electron chi connectivity index (χ3n) is 4.26. The van der Waals surface area contributed by atoms with E-state index in [-0.39, 0.29) is 5.97 Å². The molecule has 0 aromatic carbocycles. The average Bonchev–Trinajstić information content (AvgIpc) is 3.48. The first-order valence-electron chi connectivity index (χ1n) is 7.92. The van der Waals surface area contributed by atoms with Gasteiger partial charge in [0.05, 0.1) is 12.9 Å². The van der Waals surface area contributed by atoms with Crippen LogP contribution in [-0.4, -0.2) is 27.8 Å². The van der Waals surface area contributed by atoms with Crippen molar-refractivity contribution in [1.82, 2.24) is 14.8 Å². The summed E-state index contributed by atoms with van der Waals surface area (Å²) in [6, 6.07) is 2.33. The van der Waals surface area contributed by atoms with Gasteiger partial charge in [0.25, 0.3) is 0 Å². The summed E-state index contributed by atoms with van der Waals surface area (Å²) in [5, 5.41) is 9.74. The second-order valence-corrected chi connectivity index (χ2v) is 7.12. The quantitative estimate of drug-likeness (QED) is 0.595. The zero-order chi connectivity index (χ0) is 16.0. The topological polar surface area (TPSA) is 70.2 Å². The molecule has 0 N–H and O–H groups in total. The summed E-state index contributed by atoms with van der Waals surface area (Å²) in [5.41, 5.74) is 0.491. The van der Waals surface area contributed by atoms with Crippen LogP contribution < -0.4 is 0 Å². The van der Waals surface area contributed by atoms with E-state index in [1.54, 1.807) is 24.8 Å². The highest BCUT2D eigenvalue weighted by molar-refractivity contribution is 7.98. The van der Waals surface area contributed by atoms with Crippen molar-refractivity contribution in [3.63, 3.8) is 0 Å². The minimum atomic E-state index is -0.361. The largest absolute Gasteiger partial charge is 0.465 e. The van der Waals surface area contributed by atoms with Gasteiger partial charge in [0.15, 0.2) is 5.16 Å². The van der Waals surface area contributed by atoms with Crippen LogP contribution in [0, 0.1) is 6.92 Å². The minimum Gasteiger partial charge on any atom is -0.465 e. The maximum Gasteiger partial charge on any atom is 0.341 e. The lowest BCUT2D eigenvalue weighted by atomic mass is 10.2. The van der Waals surface area contributed by atoms with Crippen LogP contribution in [0.25, 0.3) is 0 Å². The van der Waals surface area contributed by atoms with Gasteiger partial charge in [-0.05, 0) is 38.7 Å². The fourth-order valence-corrected chi connectivity index (χ4v) is 3.64. The van der Waals surface area contributed by atoms with Gasteiger partial charge in [-0.3, -0.25) is 0 Å². The van der Waals surface area contributed by atoms with E-state index in [1.165, 1.54) is 32.8 Å². The zero-order valence-electron chi connectivity index (χ0n) is 13.2. The number of carbonyl (C=O) groups excluding carboxylic acids is 1. The highest BCUT2D eigenvalue weighted by Crippen LogP contribution is 2.46. The van der Waals surface area contributed by atoms with Crippen molar-refractivity contribution in [2.24, 2.45) is 0 Å². The number of furan rings is 1. The van der Waals surface area contributed by atoms with Crippen molar-refractivity contribution in [3.8, 4) is 0 Å². The molecule has 0 atom stereocenters. The molecule has 2 aliphatic rings. The van der Waals surface area contributed by atoms with Crippen LogP contribution in [0.2, 0.25) is 0 Å². The molecule has 4 rings (SSSR count). The lowest BCUT2D eigenvalue weighted by Gasteiger charge is -2.07. The number of ether oxygens (including phenoxy) is 1. The molecule has 0 spiro atoms. The first kappa shape index (κ1) is 14.8. The second-order valence-electron chi connectivity index (χ2n) is 6.18. The first-order chi connectivity index (χ1) is 11.2. The summed E-state index contributed by atoms with van der Waals surface area (Å²) in [7, 11) is 1.38. The molecule has 0 amide bonds. The van der Waals surface area contributed by atoms with E-state index < -0.39 is 0 Å². The van der Waals surface area contributed by atoms with Gasteiger partial charge in [-0.2, -0.15) is 0 Å². The van der Waals surface area contributed by atoms with Gasteiger partial charge < -0.3 is 13.7 Å². The Kier molecular flexibility index (Phi) is 3.67. The van der Waals surface area contributed by atoms with Crippen molar-refractivity contribution in [1.29, 1.82) is 0 Å². The molecule has 0 aliphatic heterocycles. The Balaban J connectivity index is 1.50. The number of hydrogen-bond donors (Lipinski definition) is 0. The predicted octanol–water partition coefficient (Wildman–Crippen LogP) is 3.47. The summed E-state index contributed by atoms with van der Waals surface area (Å²) >= 11 is 1.62. The molecule has 6 nitrogen and oxygen atoms in total. The number of hydrogen-bond acceptors (Lipinski definition) is 6. The van der Waals surface area contributed by atoms with Gasteiger partial charge in [-0.15, -0.1) is 10.2 Å². The van der Waals surface area contributed by atoms with E-state index in [0.29, 0.717) is 29.0 Å². The van der Waals surface area contributed by atoms with E-state index >= 15 is 0 Å². The summed E-state index contributed by atoms with van der Waals surface area (Å²) in [4.78, 5) is 11.6.